The van der Waals surface area contributed by atoms with E-state index in [0.29, 0.717) is 6.61 Å². The van der Waals surface area contributed by atoms with Crippen LogP contribution in [0, 0.1) is 11.8 Å². The summed E-state index contributed by atoms with van der Waals surface area (Å²) in [6, 6.07) is 7.54. The summed E-state index contributed by atoms with van der Waals surface area (Å²) in [6.07, 6.45) is 1.14. The van der Waals surface area contributed by atoms with Crippen molar-refractivity contribution in [2.45, 2.75) is 26.0 Å². The van der Waals surface area contributed by atoms with Gasteiger partial charge in [-0.1, -0.05) is 17.3 Å². The van der Waals surface area contributed by atoms with E-state index in [4.69, 9.17) is 4.74 Å². The highest BCUT2D eigenvalue weighted by Crippen LogP contribution is 2.41. The van der Waals surface area contributed by atoms with Gasteiger partial charge in [-0.15, -0.1) is 5.10 Å². The number of ether oxygens (including phenoxy) is 1. The van der Waals surface area contributed by atoms with Gasteiger partial charge in [0, 0.05) is 18.8 Å². The molecule has 0 saturated heterocycles. The summed E-state index contributed by atoms with van der Waals surface area (Å²) in [4.78, 5) is 10.9. The van der Waals surface area contributed by atoms with Gasteiger partial charge in [0.2, 0.25) is 0 Å². The highest BCUT2D eigenvalue weighted by atomic mass is 16.5. The van der Waals surface area contributed by atoms with Gasteiger partial charge in [-0.25, -0.2) is 4.68 Å². The van der Waals surface area contributed by atoms with E-state index in [9.17, 15) is 9.90 Å². The Morgan fingerprint density at radius 3 is 3.00 bits per heavy atom. The summed E-state index contributed by atoms with van der Waals surface area (Å²) in [5.41, 5.74) is 1.58. The zero-order valence-electron chi connectivity index (χ0n) is 11.3. The minimum Gasteiger partial charge on any atom is -0.466 e. The van der Waals surface area contributed by atoms with Crippen LogP contribution >= 0.6 is 0 Å². The molecule has 1 aliphatic rings. The van der Waals surface area contributed by atoms with Crippen LogP contribution in [-0.4, -0.2) is 32.7 Å². The third-order valence-electron chi connectivity index (χ3n) is 3.99. The van der Waals surface area contributed by atoms with Gasteiger partial charge in [-0.05, 0) is 25.0 Å². The molecule has 0 bridgehead atoms. The van der Waals surface area contributed by atoms with E-state index < -0.39 is 6.23 Å². The molecule has 1 heterocycles. The van der Waals surface area contributed by atoms with E-state index in [1.54, 1.807) is 4.68 Å². The summed E-state index contributed by atoms with van der Waals surface area (Å²) in [5, 5.41) is 18.6. The van der Waals surface area contributed by atoms with E-state index >= 15 is 0 Å². The number of aromatic nitrogens is 3. The standard InChI is InChI=1S/C14H17N3O3/c1-9(18)20-8-10-6-7-11(10)14(19)17-13-5-3-2-4-12(13)15-16-17/h2-5,10-11,14,19H,6-8H2,1H3/t10-,11-,14-/m0/s1. The van der Waals surface area contributed by atoms with Crippen LogP contribution in [-0.2, 0) is 9.53 Å². The molecule has 0 spiro atoms. The summed E-state index contributed by atoms with van der Waals surface area (Å²) in [6.45, 7) is 1.76. The van der Waals surface area contributed by atoms with Crippen molar-refractivity contribution in [3.05, 3.63) is 24.3 Å². The fraction of sp³-hybridized carbons (Fsp3) is 0.500. The summed E-state index contributed by atoms with van der Waals surface area (Å²) in [7, 11) is 0. The van der Waals surface area contributed by atoms with Crippen LogP contribution in [0.15, 0.2) is 24.3 Å². The first-order valence-corrected chi connectivity index (χ1v) is 6.78. The van der Waals surface area contributed by atoms with E-state index in [1.807, 2.05) is 24.3 Å². The van der Waals surface area contributed by atoms with Crippen LogP contribution in [0.1, 0.15) is 26.0 Å². The summed E-state index contributed by atoms with van der Waals surface area (Å²) in [5.74, 6) is -0.0346. The molecular formula is C14H17N3O3. The molecule has 3 atom stereocenters. The van der Waals surface area contributed by atoms with E-state index in [2.05, 4.69) is 10.3 Å². The number of fused-ring (bicyclic) bond motifs is 1. The average Bonchev–Trinajstić information content (AvgIpc) is 2.81. The summed E-state index contributed by atoms with van der Waals surface area (Å²) >= 11 is 0. The molecule has 20 heavy (non-hydrogen) atoms. The van der Waals surface area contributed by atoms with Crippen LogP contribution in [0.4, 0.5) is 0 Å². The Morgan fingerprint density at radius 2 is 2.30 bits per heavy atom. The molecule has 6 nitrogen and oxygen atoms in total. The highest BCUT2D eigenvalue weighted by Gasteiger charge is 2.38. The number of carbonyl (C=O) groups is 1. The third-order valence-corrected chi connectivity index (χ3v) is 3.99. The molecule has 0 radical (unpaired) electrons. The van der Waals surface area contributed by atoms with Gasteiger partial charge in [0.25, 0.3) is 0 Å². The molecule has 106 valence electrons. The summed E-state index contributed by atoms with van der Waals surface area (Å²) < 4.78 is 6.59. The van der Waals surface area contributed by atoms with Gasteiger partial charge in [0.15, 0.2) is 6.23 Å². The Balaban J connectivity index is 1.75. The fourth-order valence-electron chi connectivity index (χ4n) is 2.68. The molecule has 0 aliphatic heterocycles. The molecular weight excluding hydrogens is 258 g/mol. The van der Waals surface area contributed by atoms with Gasteiger partial charge < -0.3 is 9.84 Å². The fourth-order valence-corrected chi connectivity index (χ4v) is 2.68. The largest absolute Gasteiger partial charge is 0.466 e. The normalized spacial score (nSPS) is 23.3. The van der Waals surface area contributed by atoms with Crippen molar-refractivity contribution in [2.24, 2.45) is 11.8 Å². The van der Waals surface area contributed by atoms with E-state index in [1.165, 1.54) is 6.92 Å². The highest BCUT2D eigenvalue weighted by molar-refractivity contribution is 5.73. The second-order valence-electron chi connectivity index (χ2n) is 5.24. The van der Waals surface area contributed by atoms with Crippen molar-refractivity contribution in [1.82, 2.24) is 15.0 Å². The maximum Gasteiger partial charge on any atom is 0.302 e. The van der Waals surface area contributed by atoms with Gasteiger partial charge in [-0.2, -0.15) is 0 Å². The monoisotopic (exact) mass is 275 g/mol. The van der Waals surface area contributed by atoms with Crippen molar-refractivity contribution < 1.29 is 14.6 Å². The molecule has 3 rings (SSSR count). The van der Waals surface area contributed by atoms with Crippen molar-refractivity contribution in [2.75, 3.05) is 6.61 Å². The topological polar surface area (TPSA) is 77.2 Å². The number of benzene rings is 1. The van der Waals surface area contributed by atoms with Crippen LogP contribution in [0.3, 0.4) is 0 Å². The minimum absolute atomic E-state index is 0.0551. The SMILES string of the molecule is CC(=O)OC[C@@H]1CC[C@@H]1[C@H](O)n1nnc2ccccc21. The second kappa shape index (κ2) is 5.20. The van der Waals surface area contributed by atoms with Gasteiger partial charge in [-0.3, -0.25) is 4.79 Å². The average molecular weight is 275 g/mol. The van der Waals surface area contributed by atoms with Crippen LogP contribution in [0.25, 0.3) is 11.0 Å². The number of hydrogen-bond donors (Lipinski definition) is 1. The maximum atomic E-state index is 10.9. The number of aliphatic hydroxyl groups is 1. The first kappa shape index (κ1) is 13.1. The molecule has 1 N–H and O–H groups in total. The Hall–Kier alpha value is -1.95. The predicted molar refractivity (Wildman–Crippen MR) is 71.6 cm³/mol. The van der Waals surface area contributed by atoms with Crippen LogP contribution in [0.5, 0.6) is 0 Å². The zero-order valence-corrected chi connectivity index (χ0v) is 11.3. The molecule has 1 aromatic carbocycles. The Kier molecular flexibility index (Phi) is 3.40. The maximum absolute atomic E-state index is 10.9. The lowest BCUT2D eigenvalue weighted by atomic mass is 9.73. The molecule has 2 aromatic rings. The molecule has 1 aromatic heterocycles. The Bertz CT molecular complexity index is 625. The molecule has 0 amide bonds. The number of carbonyl (C=O) groups excluding carboxylic acids is 1. The third kappa shape index (κ3) is 2.27. The quantitative estimate of drug-likeness (QED) is 0.856. The second-order valence-corrected chi connectivity index (χ2v) is 5.24. The molecule has 1 aliphatic carbocycles. The molecule has 6 heteroatoms. The Morgan fingerprint density at radius 1 is 1.50 bits per heavy atom. The van der Waals surface area contributed by atoms with Gasteiger partial charge in [0.05, 0.1) is 12.1 Å². The predicted octanol–water partition coefficient (Wildman–Crippen LogP) is 1.51. The van der Waals surface area contributed by atoms with Gasteiger partial charge >= 0.3 is 5.97 Å². The van der Waals surface area contributed by atoms with Crippen molar-refractivity contribution in [3.63, 3.8) is 0 Å². The van der Waals surface area contributed by atoms with Crippen LogP contribution < -0.4 is 0 Å². The first-order chi connectivity index (χ1) is 9.66. The number of para-hydroxylation sites is 1. The molecule has 1 fully saturated rings. The first-order valence-electron chi connectivity index (χ1n) is 6.78. The van der Waals surface area contributed by atoms with E-state index in [-0.39, 0.29) is 17.8 Å². The van der Waals surface area contributed by atoms with Crippen molar-refractivity contribution in [3.8, 4) is 0 Å². The van der Waals surface area contributed by atoms with Crippen LogP contribution in [0.2, 0.25) is 0 Å². The lowest BCUT2D eigenvalue weighted by Gasteiger charge is -2.38. The number of aliphatic hydroxyl groups excluding tert-OH is 1. The van der Waals surface area contributed by atoms with Crippen molar-refractivity contribution in [1.29, 1.82) is 0 Å². The number of hydrogen-bond acceptors (Lipinski definition) is 5. The lowest BCUT2D eigenvalue weighted by Crippen LogP contribution is -2.37. The van der Waals surface area contributed by atoms with E-state index in [0.717, 1.165) is 23.9 Å². The molecule has 0 unspecified atom stereocenters. The molecule has 1 saturated carbocycles. The zero-order chi connectivity index (χ0) is 14.1. The number of esters is 1. The van der Waals surface area contributed by atoms with Crippen molar-refractivity contribution >= 4 is 17.0 Å². The smallest absolute Gasteiger partial charge is 0.302 e. The minimum atomic E-state index is -0.725. The number of nitrogens with zero attached hydrogens (tertiary/aromatic N) is 3. The Labute approximate surface area is 116 Å². The number of rotatable bonds is 4. The lowest BCUT2D eigenvalue weighted by molar-refractivity contribution is -0.147. The van der Waals surface area contributed by atoms with Gasteiger partial charge in [0.1, 0.15) is 5.52 Å².